The summed E-state index contributed by atoms with van der Waals surface area (Å²) in [5.41, 5.74) is 1.71. The van der Waals surface area contributed by atoms with Gasteiger partial charge in [0.15, 0.2) is 6.61 Å². The molecule has 4 rings (SSSR count). The zero-order valence-corrected chi connectivity index (χ0v) is 10.9. The number of ether oxygens (including phenoxy) is 2. The fraction of sp³-hybridized carbons (Fsp3) is 0.333. The van der Waals surface area contributed by atoms with E-state index in [9.17, 15) is 4.79 Å². The summed E-state index contributed by atoms with van der Waals surface area (Å²) in [6.07, 6.45) is 6.14. The topological polar surface area (TPSA) is 53.4 Å². The molecule has 0 N–H and O–H groups in total. The molecule has 0 radical (unpaired) electrons. The van der Waals surface area contributed by atoms with Gasteiger partial charge in [0, 0.05) is 12.1 Å². The van der Waals surface area contributed by atoms with Crippen LogP contribution in [0.3, 0.4) is 0 Å². The number of imidazole rings is 1. The normalized spacial score (nSPS) is 16.9. The lowest BCUT2D eigenvalue weighted by molar-refractivity contribution is 0.0961. The van der Waals surface area contributed by atoms with Crippen LogP contribution in [0, 0.1) is 0 Å². The third-order valence-corrected chi connectivity index (χ3v) is 3.69. The minimum atomic E-state index is 0.0263. The molecule has 1 aromatic carbocycles. The largest absolute Gasteiger partial charge is 0.487 e. The number of benzene rings is 1. The van der Waals surface area contributed by atoms with Crippen LogP contribution >= 0.6 is 0 Å². The molecule has 2 heterocycles. The lowest BCUT2D eigenvalue weighted by Crippen LogP contribution is -2.03. The van der Waals surface area contributed by atoms with Crippen LogP contribution in [0.2, 0.25) is 0 Å². The second-order valence-electron chi connectivity index (χ2n) is 5.18. The Labute approximate surface area is 116 Å². The van der Waals surface area contributed by atoms with Crippen molar-refractivity contribution in [2.24, 2.45) is 0 Å². The molecule has 5 nitrogen and oxygen atoms in total. The fourth-order valence-corrected chi connectivity index (χ4v) is 2.45. The Kier molecular flexibility index (Phi) is 2.52. The number of hydrogen-bond acceptors (Lipinski definition) is 4. The molecule has 0 bridgehead atoms. The van der Waals surface area contributed by atoms with Crippen molar-refractivity contribution < 1.29 is 14.3 Å². The van der Waals surface area contributed by atoms with Crippen molar-refractivity contribution in [1.29, 1.82) is 0 Å². The first kappa shape index (κ1) is 11.5. The highest BCUT2D eigenvalue weighted by atomic mass is 16.5. The van der Waals surface area contributed by atoms with Crippen LogP contribution in [0.5, 0.6) is 11.5 Å². The molecule has 1 saturated carbocycles. The van der Waals surface area contributed by atoms with Crippen LogP contribution in [0.25, 0.3) is 0 Å². The Morgan fingerprint density at radius 3 is 3.15 bits per heavy atom. The third kappa shape index (κ3) is 1.95. The van der Waals surface area contributed by atoms with Crippen LogP contribution in [-0.4, -0.2) is 21.9 Å². The van der Waals surface area contributed by atoms with Gasteiger partial charge in [-0.1, -0.05) is 0 Å². The van der Waals surface area contributed by atoms with E-state index >= 15 is 0 Å². The van der Waals surface area contributed by atoms with Gasteiger partial charge >= 0.3 is 0 Å². The van der Waals surface area contributed by atoms with E-state index in [2.05, 4.69) is 9.55 Å². The van der Waals surface area contributed by atoms with Gasteiger partial charge in [-0.3, -0.25) is 4.79 Å². The number of hydrogen-bond donors (Lipinski definition) is 0. The monoisotopic (exact) mass is 270 g/mol. The van der Waals surface area contributed by atoms with Gasteiger partial charge in [-0.2, -0.15) is 0 Å². The molecule has 1 aliphatic heterocycles. The van der Waals surface area contributed by atoms with Gasteiger partial charge in [-0.05, 0) is 25.0 Å². The molecule has 20 heavy (non-hydrogen) atoms. The van der Waals surface area contributed by atoms with E-state index in [1.807, 2.05) is 18.6 Å². The molecule has 1 fully saturated rings. The van der Waals surface area contributed by atoms with E-state index in [0.29, 0.717) is 29.7 Å². The minimum Gasteiger partial charge on any atom is -0.487 e. The maximum atomic E-state index is 11.5. The first-order chi connectivity index (χ1) is 9.81. The molecule has 0 unspecified atom stereocenters. The van der Waals surface area contributed by atoms with Gasteiger partial charge < -0.3 is 14.0 Å². The van der Waals surface area contributed by atoms with E-state index in [1.165, 1.54) is 12.8 Å². The van der Waals surface area contributed by atoms with E-state index in [4.69, 9.17) is 9.47 Å². The zero-order valence-electron chi connectivity index (χ0n) is 10.9. The average molecular weight is 270 g/mol. The second kappa shape index (κ2) is 4.37. The SMILES string of the molecule is O=C1COc2cc(OCc3cncn3C3CC3)ccc21. The summed E-state index contributed by atoms with van der Waals surface area (Å²) >= 11 is 0. The Bertz CT molecular complexity index is 674. The number of rotatable bonds is 4. The van der Waals surface area contributed by atoms with E-state index in [0.717, 1.165) is 5.69 Å². The number of aromatic nitrogens is 2. The van der Waals surface area contributed by atoms with Crippen molar-refractivity contribution in [1.82, 2.24) is 9.55 Å². The Morgan fingerprint density at radius 2 is 2.30 bits per heavy atom. The van der Waals surface area contributed by atoms with Gasteiger partial charge in [0.05, 0.1) is 23.8 Å². The Hall–Kier alpha value is -2.30. The predicted molar refractivity (Wildman–Crippen MR) is 71.1 cm³/mol. The summed E-state index contributed by atoms with van der Waals surface area (Å²) in [6, 6.07) is 5.94. The van der Waals surface area contributed by atoms with Crippen LogP contribution < -0.4 is 9.47 Å². The van der Waals surface area contributed by atoms with Crippen LogP contribution in [0.1, 0.15) is 34.9 Å². The number of ketones is 1. The fourth-order valence-electron chi connectivity index (χ4n) is 2.45. The Balaban J connectivity index is 1.49. The van der Waals surface area contributed by atoms with Crippen molar-refractivity contribution in [3.05, 3.63) is 42.0 Å². The molecule has 0 spiro atoms. The lowest BCUT2D eigenvalue weighted by atomic mass is 10.1. The maximum Gasteiger partial charge on any atom is 0.203 e. The molecule has 5 heteroatoms. The van der Waals surface area contributed by atoms with Crippen molar-refractivity contribution in [2.45, 2.75) is 25.5 Å². The molecule has 2 aliphatic rings. The van der Waals surface area contributed by atoms with Gasteiger partial charge in [0.25, 0.3) is 0 Å². The average Bonchev–Trinajstić information content (AvgIpc) is 3.09. The van der Waals surface area contributed by atoms with Crippen molar-refractivity contribution in [2.75, 3.05) is 6.61 Å². The number of carbonyl (C=O) groups is 1. The summed E-state index contributed by atoms with van der Waals surface area (Å²) in [5, 5.41) is 0. The highest BCUT2D eigenvalue weighted by Gasteiger charge is 2.25. The molecule has 1 aromatic heterocycles. The molecule has 0 atom stereocenters. The highest BCUT2D eigenvalue weighted by Crippen LogP contribution is 2.36. The van der Waals surface area contributed by atoms with Crippen LogP contribution in [0.4, 0.5) is 0 Å². The number of nitrogens with zero attached hydrogens (tertiary/aromatic N) is 2. The van der Waals surface area contributed by atoms with Gasteiger partial charge in [0.2, 0.25) is 5.78 Å². The Morgan fingerprint density at radius 1 is 1.40 bits per heavy atom. The van der Waals surface area contributed by atoms with Crippen molar-refractivity contribution in [3.63, 3.8) is 0 Å². The number of carbonyl (C=O) groups excluding carboxylic acids is 1. The van der Waals surface area contributed by atoms with Crippen LogP contribution in [0.15, 0.2) is 30.7 Å². The summed E-state index contributed by atoms with van der Waals surface area (Å²) < 4.78 is 13.3. The molecule has 1 aliphatic carbocycles. The molecular weight excluding hydrogens is 256 g/mol. The summed E-state index contributed by atoms with van der Waals surface area (Å²) in [6.45, 7) is 0.608. The van der Waals surface area contributed by atoms with Gasteiger partial charge in [0.1, 0.15) is 18.1 Å². The van der Waals surface area contributed by atoms with Crippen molar-refractivity contribution >= 4 is 5.78 Å². The standard InChI is InChI=1S/C15H14N2O3/c18-14-8-20-15-5-12(3-4-13(14)15)19-7-11-6-16-9-17(11)10-1-2-10/h3-6,9-10H,1-2,7-8H2. The summed E-state index contributed by atoms with van der Waals surface area (Å²) in [5.74, 6) is 1.35. The van der Waals surface area contributed by atoms with Gasteiger partial charge in [-0.25, -0.2) is 4.98 Å². The summed E-state index contributed by atoms with van der Waals surface area (Å²) in [4.78, 5) is 15.6. The first-order valence-electron chi connectivity index (χ1n) is 6.75. The van der Waals surface area contributed by atoms with Crippen LogP contribution in [-0.2, 0) is 6.61 Å². The third-order valence-electron chi connectivity index (χ3n) is 3.69. The molecule has 0 amide bonds. The smallest absolute Gasteiger partial charge is 0.203 e. The molecule has 0 saturated heterocycles. The first-order valence-corrected chi connectivity index (χ1v) is 6.75. The van der Waals surface area contributed by atoms with E-state index in [1.54, 1.807) is 12.1 Å². The van der Waals surface area contributed by atoms with Crippen molar-refractivity contribution in [3.8, 4) is 11.5 Å². The zero-order chi connectivity index (χ0) is 13.5. The maximum absolute atomic E-state index is 11.5. The van der Waals surface area contributed by atoms with E-state index < -0.39 is 0 Å². The van der Waals surface area contributed by atoms with E-state index in [-0.39, 0.29) is 12.4 Å². The lowest BCUT2D eigenvalue weighted by Gasteiger charge is -2.09. The number of Topliss-reactive ketones (excluding diaryl/α,β-unsaturated/α-hetero) is 1. The second-order valence-corrected chi connectivity index (χ2v) is 5.18. The quantitative estimate of drug-likeness (QED) is 0.856. The summed E-state index contributed by atoms with van der Waals surface area (Å²) in [7, 11) is 0. The van der Waals surface area contributed by atoms with Gasteiger partial charge in [-0.15, -0.1) is 0 Å². The molecule has 102 valence electrons. The number of fused-ring (bicyclic) bond motifs is 1. The molecular formula is C15H14N2O3. The highest BCUT2D eigenvalue weighted by molar-refractivity contribution is 6.02. The molecule has 2 aromatic rings. The minimum absolute atomic E-state index is 0.0263. The predicted octanol–water partition coefficient (Wildman–Crippen LogP) is 2.37.